The Morgan fingerprint density at radius 3 is 0.691 bits per heavy atom. The van der Waals surface area contributed by atoms with Gasteiger partial charge in [-0.2, -0.15) is 0 Å². The van der Waals surface area contributed by atoms with Gasteiger partial charge in [0.2, 0.25) is 0 Å². The molecule has 1 unspecified atom stereocenters. The van der Waals surface area contributed by atoms with Gasteiger partial charge in [-0.1, -0.05) is 325 Å². The van der Waals surface area contributed by atoms with Crippen LogP contribution < -0.4 is 0 Å². The lowest BCUT2D eigenvalue weighted by Crippen LogP contribution is -2.30. The van der Waals surface area contributed by atoms with E-state index in [2.05, 4.69) is 93.7 Å². The van der Waals surface area contributed by atoms with E-state index in [0.717, 1.165) is 89.9 Å². The molecule has 470 valence electrons. The normalized spacial score (nSPS) is 12.5. The molecule has 6 heteroatoms. The molecule has 6 nitrogen and oxygen atoms in total. The van der Waals surface area contributed by atoms with E-state index in [1.54, 1.807) is 0 Å². The number of rotatable bonds is 65. The molecule has 0 aromatic carbocycles. The summed E-state index contributed by atoms with van der Waals surface area (Å²) in [6.45, 7) is 6.58. The number of ether oxygens (including phenoxy) is 3. The highest BCUT2D eigenvalue weighted by Gasteiger charge is 2.19. The van der Waals surface area contributed by atoms with Crippen LogP contribution in [-0.2, 0) is 28.6 Å². The van der Waals surface area contributed by atoms with Crippen LogP contribution in [0, 0.1) is 0 Å². The molecular weight excluding hydrogens is 997 g/mol. The number of hydrogen-bond donors (Lipinski definition) is 0. The van der Waals surface area contributed by atoms with E-state index < -0.39 is 6.10 Å². The average molecular weight is 1130 g/mol. The van der Waals surface area contributed by atoms with E-state index in [1.807, 2.05) is 0 Å². The molecule has 0 aromatic rings. The van der Waals surface area contributed by atoms with Crippen LogP contribution in [0.2, 0.25) is 0 Å². The van der Waals surface area contributed by atoms with Gasteiger partial charge in [-0.3, -0.25) is 14.4 Å². The SMILES string of the molecule is CCCCCCC/C=C\C/C=C\C/C=C\CCCCCCCCCCCCCCCCC(=O)OCC(COC(=O)CCCCCCC)OC(=O)CCCCCCCCCCCCCCCC/C=C\C/C=C\C/C=C\CCCCCCC. The minimum Gasteiger partial charge on any atom is -0.462 e. The smallest absolute Gasteiger partial charge is 0.306 e. The Bertz CT molecular complexity index is 1490. The van der Waals surface area contributed by atoms with Crippen LogP contribution in [0.25, 0.3) is 0 Å². The molecule has 0 amide bonds. The lowest BCUT2D eigenvalue weighted by molar-refractivity contribution is -0.167. The van der Waals surface area contributed by atoms with E-state index in [0.29, 0.717) is 19.3 Å². The second-order valence-corrected chi connectivity index (χ2v) is 23.8. The third kappa shape index (κ3) is 67.5. The first kappa shape index (κ1) is 77.9. The molecule has 0 bridgehead atoms. The van der Waals surface area contributed by atoms with Crippen molar-refractivity contribution in [3.63, 3.8) is 0 Å². The summed E-state index contributed by atoms with van der Waals surface area (Å²) in [5, 5.41) is 0. The summed E-state index contributed by atoms with van der Waals surface area (Å²) in [5.74, 6) is -0.871. The van der Waals surface area contributed by atoms with Gasteiger partial charge < -0.3 is 14.2 Å². The van der Waals surface area contributed by atoms with Crippen LogP contribution in [0.4, 0.5) is 0 Å². The second kappa shape index (κ2) is 69.3. The number of hydrogen-bond acceptors (Lipinski definition) is 6. The molecule has 0 saturated heterocycles. The zero-order chi connectivity index (χ0) is 58.5. The minimum absolute atomic E-state index is 0.0728. The summed E-state index contributed by atoms with van der Waals surface area (Å²) < 4.78 is 16.8. The summed E-state index contributed by atoms with van der Waals surface area (Å²) in [6, 6.07) is 0. The Labute approximate surface area is 503 Å². The van der Waals surface area contributed by atoms with Gasteiger partial charge in [0.15, 0.2) is 6.10 Å². The van der Waals surface area contributed by atoms with E-state index in [9.17, 15) is 14.4 Å². The monoisotopic (exact) mass is 1130 g/mol. The summed E-state index contributed by atoms with van der Waals surface area (Å²) in [4.78, 5) is 38.0. The van der Waals surface area contributed by atoms with Gasteiger partial charge in [-0.25, -0.2) is 0 Å². The zero-order valence-electron chi connectivity index (χ0n) is 54.1. The lowest BCUT2D eigenvalue weighted by Gasteiger charge is -2.18. The Balaban J connectivity index is 3.97. The van der Waals surface area contributed by atoms with Gasteiger partial charge >= 0.3 is 17.9 Å². The topological polar surface area (TPSA) is 78.9 Å². The van der Waals surface area contributed by atoms with E-state index >= 15 is 0 Å². The lowest BCUT2D eigenvalue weighted by atomic mass is 10.0. The molecule has 0 heterocycles. The maximum absolute atomic E-state index is 12.9. The van der Waals surface area contributed by atoms with Gasteiger partial charge in [-0.05, 0) is 96.3 Å². The summed E-state index contributed by atoms with van der Waals surface area (Å²) in [7, 11) is 0. The average Bonchev–Trinajstić information content (AvgIpc) is 3.47. The van der Waals surface area contributed by atoms with Crippen LogP contribution in [0.1, 0.15) is 367 Å². The first-order chi connectivity index (χ1) is 40.0. The van der Waals surface area contributed by atoms with Crippen molar-refractivity contribution >= 4 is 17.9 Å². The highest BCUT2D eigenvalue weighted by Crippen LogP contribution is 2.18. The molecule has 0 radical (unpaired) electrons. The Kier molecular flexibility index (Phi) is 66.6. The van der Waals surface area contributed by atoms with Gasteiger partial charge in [0.25, 0.3) is 0 Å². The van der Waals surface area contributed by atoms with Crippen molar-refractivity contribution in [1.82, 2.24) is 0 Å². The molecule has 0 spiro atoms. The Morgan fingerprint density at radius 1 is 0.247 bits per heavy atom. The fourth-order valence-electron chi connectivity index (χ4n) is 10.3. The number of allylic oxidation sites excluding steroid dienone is 12. The number of carbonyl (C=O) groups excluding carboxylic acids is 3. The fourth-order valence-corrected chi connectivity index (χ4v) is 10.3. The van der Waals surface area contributed by atoms with Crippen molar-refractivity contribution in [2.75, 3.05) is 13.2 Å². The van der Waals surface area contributed by atoms with Gasteiger partial charge in [-0.15, -0.1) is 0 Å². The molecule has 1 atom stereocenters. The predicted octanol–water partition coefficient (Wildman–Crippen LogP) is 24.4. The molecule has 0 saturated carbocycles. The van der Waals surface area contributed by atoms with E-state index in [4.69, 9.17) is 14.2 Å². The zero-order valence-corrected chi connectivity index (χ0v) is 54.1. The quantitative estimate of drug-likeness (QED) is 0.0261. The summed E-state index contributed by atoms with van der Waals surface area (Å²) in [6.07, 6.45) is 91.3. The van der Waals surface area contributed by atoms with Crippen LogP contribution in [0.3, 0.4) is 0 Å². The Hall–Kier alpha value is -3.15. The van der Waals surface area contributed by atoms with Crippen molar-refractivity contribution in [1.29, 1.82) is 0 Å². The highest BCUT2D eigenvalue weighted by molar-refractivity contribution is 5.71. The van der Waals surface area contributed by atoms with E-state index in [-0.39, 0.29) is 31.1 Å². The molecule has 0 rings (SSSR count). The first-order valence-electron chi connectivity index (χ1n) is 35.4. The highest BCUT2D eigenvalue weighted by atomic mass is 16.6. The molecule has 0 N–H and O–H groups in total. The van der Waals surface area contributed by atoms with E-state index in [1.165, 1.54) is 238 Å². The van der Waals surface area contributed by atoms with Gasteiger partial charge in [0, 0.05) is 19.3 Å². The molecule has 81 heavy (non-hydrogen) atoms. The van der Waals surface area contributed by atoms with Crippen molar-refractivity contribution in [3.05, 3.63) is 72.9 Å². The Morgan fingerprint density at radius 2 is 0.444 bits per heavy atom. The van der Waals surface area contributed by atoms with Crippen molar-refractivity contribution < 1.29 is 28.6 Å². The van der Waals surface area contributed by atoms with Gasteiger partial charge in [0.1, 0.15) is 13.2 Å². The predicted molar refractivity (Wildman–Crippen MR) is 353 cm³/mol. The van der Waals surface area contributed by atoms with Crippen LogP contribution in [0.15, 0.2) is 72.9 Å². The molecule has 0 aliphatic carbocycles. The summed E-state index contributed by atoms with van der Waals surface area (Å²) in [5.41, 5.74) is 0. The molecule has 0 aromatic heterocycles. The van der Waals surface area contributed by atoms with Gasteiger partial charge in [0.05, 0.1) is 0 Å². The molecule has 0 aliphatic heterocycles. The number of esters is 3. The number of carbonyl (C=O) groups is 3. The van der Waals surface area contributed by atoms with Crippen molar-refractivity contribution in [2.45, 2.75) is 374 Å². The first-order valence-corrected chi connectivity index (χ1v) is 35.4. The molecular formula is C75H134O6. The van der Waals surface area contributed by atoms with Crippen LogP contribution in [-0.4, -0.2) is 37.2 Å². The molecule has 0 fully saturated rings. The second-order valence-electron chi connectivity index (χ2n) is 23.8. The van der Waals surface area contributed by atoms with Crippen LogP contribution in [0.5, 0.6) is 0 Å². The standard InChI is InChI=1S/C75H134O6/c1-4-7-10-13-15-17-19-21-23-25-27-29-31-33-35-37-39-41-43-45-47-49-51-53-55-57-59-62-65-68-74(77)80-71-72(70-79-73(76)67-64-61-12-9-6-3)81-75(78)69-66-63-60-58-56-54-52-50-48-46-44-42-40-38-36-34-32-30-28-26-24-22-20-18-16-14-11-8-5-2/h19-22,25-28,31-34,72H,4-18,23-24,29-30,35-71H2,1-3H3/b21-19-,22-20-,27-25-,28-26-,33-31-,34-32-. The largest absolute Gasteiger partial charge is 0.462 e. The van der Waals surface area contributed by atoms with Crippen LogP contribution >= 0.6 is 0 Å². The maximum Gasteiger partial charge on any atom is 0.306 e. The number of unbranched alkanes of at least 4 members (excludes halogenated alkanes) is 42. The van der Waals surface area contributed by atoms with Crippen molar-refractivity contribution in [3.8, 4) is 0 Å². The molecule has 0 aliphatic rings. The minimum atomic E-state index is -0.772. The maximum atomic E-state index is 12.9. The summed E-state index contributed by atoms with van der Waals surface area (Å²) >= 11 is 0. The third-order valence-corrected chi connectivity index (χ3v) is 15.7. The van der Waals surface area contributed by atoms with Crippen molar-refractivity contribution in [2.24, 2.45) is 0 Å². The third-order valence-electron chi connectivity index (χ3n) is 15.7. The fraction of sp³-hybridized carbons (Fsp3) is 0.800.